The Hall–Kier alpha value is -1.69. The second-order valence-electron chi connectivity index (χ2n) is 7.95. The average molecular weight is 443 g/mol. The van der Waals surface area contributed by atoms with E-state index < -0.39 is 44.9 Å². The fourth-order valence-electron chi connectivity index (χ4n) is 4.55. The first-order valence-corrected chi connectivity index (χ1v) is 10.8. The predicted octanol–water partition coefficient (Wildman–Crippen LogP) is 2.13. The number of nitrogens with one attached hydrogen (secondary N) is 1. The number of rotatable bonds is 6. The lowest BCUT2D eigenvalue weighted by Gasteiger charge is -2.47. The Labute approximate surface area is 166 Å². The van der Waals surface area contributed by atoms with Gasteiger partial charge in [0.1, 0.15) is 5.60 Å². The first kappa shape index (κ1) is 23.6. The van der Waals surface area contributed by atoms with E-state index in [2.05, 4.69) is 5.32 Å². The maximum atomic E-state index is 13.0. The molecule has 2 N–H and O–H groups in total. The number of hydrogen-bond acceptors (Lipinski definition) is 6. The second-order valence-corrected chi connectivity index (χ2v) is 9.45. The van der Waals surface area contributed by atoms with Gasteiger partial charge in [-0.2, -0.15) is 21.6 Å². The van der Waals surface area contributed by atoms with E-state index in [0.29, 0.717) is 25.7 Å². The average Bonchev–Trinajstić information content (AvgIpc) is 2.48. The predicted molar refractivity (Wildman–Crippen MR) is 93.0 cm³/mol. The van der Waals surface area contributed by atoms with E-state index in [1.807, 2.05) is 0 Å². The van der Waals surface area contributed by atoms with Gasteiger partial charge < -0.3 is 4.74 Å². The standard InChI is InChI=1S/C17H24F3NO7S/c1-10(22)21-13(23)5-4-12-7-11-3-2-6-16(8-11,9-12)28-15(24)14(17(18,19)20)29(25,26)27/h11-12,14H,2-9H2,1H3,(H,21,22,23)(H,25,26,27). The van der Waals surface area contributed by atoms with Crippen LogP contribution in [0.5, 0.6) is 0 Å². The Morgan fingerprint density at radius 1 is 1.28 bits per heavy atom. The van der Waals surface area contributed by atoms with Crippen molar-refractivity contribution < 1.29 is 45.3 Å². The van der Waals surface area contributed by atoms with Gasteiger partial charge in [-0.3, -0.25) is 24.3 Å². The topological polar surface area (TPSA) is 127 Å². The monoisotopic (exact) mass is 443 g/mol. The van der Waals surface area contributed by atoms with Crippen molar-refractivity contribution in [1.82, 2.24) is 5.32 Å². The fourth-order valence-corrected chi connectivity index (χ4v) is 5.18. The molecule has 0 aromatic rings. The summed E-state index contributed by atoms with van der Waals surface area (Å²) in [4.78, 5) is 34.7. The highest BCUT2D eigenvalue weighted by Crippen LogP contribution is 2.49. The normalized spacial score (nSPS) is 28.3. The van der Waals surface area contributed by atoms with Gasteiger partial charge in [-0.15, -0.1) is 0 Å². The molecule has 166 valence electrons. The highest BCUT2D eigenvalue weighted by molar-refractivity contribution is 7.87. The lowest BCUT2D eigenvalue weighted by molar-refractivity contribution is -0.191. The first-order valence-electron chi connectivity index (χ1n) is 9.28. The van der Waals surface area contributed by atoms with E-state index in [0.717, 1.165) is 6.42 Å². The summed E-state index contributed by atoms with van der Waals surface area (Å²) in [6.45, 7) is 1.20. The molecule has 4 atom stereocenters. The molecule has 0 aromatic carbocycles. The molecule has 29 heavy (non-hydrogen) atoms. The van der Waals surface area contributed by atoms with Gasteiger partial charge >= 0.3 is 12.1 Å². The van der Waals surface area contributed by atoms with Crippen molar-refractivity contribution in [2.75, 3.05) is 0 Å². The number of carbonyl (C=O) groups excluding carboxylic acids is 3. The van der Waals surface area contributed by atoms with Crippen molar-refractivity contribution in [1.29, 1.82) is 0 Å². The molecule has 0 aromatic heterocycles. The van der Waals surface area contributed by atoms with Crippen molar-refractivity contribution in [3.05, 3.63) is 0 Å². The van der Waals surface area contributed by atoms with E-state index >= 15 is 0 Å². The van der Waals surface area contributed by atoms with Gasteiger partial charge in [0.2, 0.25) is 11.8 Å². The molecule has 0 aliphatic heterocycles. The molecule has 2 aliphatic carbocycles. The van der Waals surface area contributed by atoms with Gasteiger partial charge in [-0.05, 0) is 50.4 Å². The van der Waals surface area contributed by atoms with Crippen LogP contribution >= 0.6 is 0 Å². The zero-order chi connectivity index (χ0) is 22.0. The summed E-state index contributed by atoms with van der Waals surface area (Å²) in [5, 5.41) is -1.51. The summed E-state index contributed by atoms with van der Waals surface area (Å²) in [7, 11) is -5.73. The molecule has 2 fully saturated rings. The molecule has 8 nitrogen and oxygen atoms in total. The molecule has 0 spiro atoms. The van der Waals surface area contributed by atoms with Crippen molar-refractivity contribution in [3.63, 3.8) is 0 Å². The highest BCUT2D eigenvalue weighted by atomic mass is 32.2. The fraction of sp³-hybridized carbons (Fsp3) is 0.824. The third-order valence-electron chi connectivity index (χ3n) is 5.45. The number of alkyl halides is 3. The minimum Gasteiger partial charge on any atom is -0.458 e. The third-order valence-corrected chi connectivity index (χ3v) is 6.51. The summed E-state index contributed by atoms with van der Waals surface area (Å²) in [6.07, 6.45) is -2.23. The van der Waals surface area contributed by atoms with Crippen LogP contribution in [0.3, 0.4) is 0 Å². The summed E-state index contributed by atoms with van der Waals surface area (Å²) >= 11 is 0. The van der Waals surface area contributed by atoms with Gasteiger partial charge in [0, 0.05) is 13.3 Å². The number of ether oxygens (including phenoxy) is 1. The van der Waals surface area contributed by atoms with E-state index in [1.165, 1.54) is 6.92 Å². The number of imide groups is 1. The molecule has 0 saturated heterocycles. The van der Waals surface area contributed by atoms with Crippen LogP contribution in [0.1, 0.15) is 58.3 Å². The van der Waals surface area contributed by atoms with Crippen LogP contribution in [0.25, 0.3) is 0 Å². The van der Waals surface area contributed by atoms with Crippen LogP contribution in [-0.4, -0.2) is 47.8 Å². The van der Waals surface area contributed by atoms with Gasteiger partial charge in [0.05, 0.1) is 0 Å². The Bertz CT molecular complexity index is 767. The maximum Gasteiger partial charge on any atom is 0.418 e. The molecule has 12 heteroatoms. The Morgan fingerprint density at radius 3 is 2.48 bits per heavy atom. The molecule has 2 aliphatic rings. The summed E-state index contributed by atoms with van der Waals surface area (Å²) in [6, 6.07) is 0. The maximum absolute atomic E-state index is 13.0. The molecular weight excluding hydrogens is 419 g/mol. The van der Waals surface area contributed by atoms with Gasteiger partial charge in [0.25, 0.3) is 15.4 Å². The number of fused-ring (bicyclic) bond motifs is 2. The van der Waals surface area contributed by atoms with Crippen LogP contribution in [0.15, 0.2) is 0 Å². The number of carbonyl (C=O) groups is 3. The quantitative estimate of drug-likeness (QED) is 0.476. The summed E-state index contributed by atoms with van der Waals surface area (Å²) in [5.74, 6) is -3.06. The van der Waals surface area contributed by atoms with Crippen molar-refractivity contribution in [3.8, 4) is 0 Å². The summed E-state index contributed by atoms with van der Waals surface area (Å²) in [5.41, 5.74) is -1.26. The van der Waals surface area contributed by atoms with E-state index in [1.54, 1.807) is 0 Å². The third kappa shape index (κ3) is 6.39. The Kier molecular flexibility index (Phi) is 6.98. The summed E-state index contributed by atoms with van der Waals surface area (Å²) < 4.78 is 75.3. The SMILES string of the molecule is CC(=O)NC(=O)CCC1CC2CCCC(OC(=O)C(C(F)(F)F)S(=O)(=O)O)(C2)C1. The van der Waals surface area contributed by atoms with Crippen molar-refractivity contribution >= 4 is 27.9 Å². The molecule has 2 bridgehead atoms. The van der Waals surface area contributed by atoms with Crippen LogP contribution in [0, 0.1) is 11.8 Å². The zero-order valence-electron chi connectivity index (χ0n) is 15.8. The van der Waals surface area contributed by atoms with Gasteiger partial charge in [-0.25, -0.2) is 0 Å². The molecule has 2 saturated carbocycles. The number of amides is 2. The van der Waals surface area contributed by atoms with Crippen LogP contribution in [-0.2, 0) is 29.2 Å². The molecular formula is C17H24F3NO7S. The molecule has 2 rings (SSSR count). The Morgan fingerprint density at radius 2 is 1.93 bits per heavy atom. The molecule has 4 unspecified atom stereocenters. The number of halogens is 3. The first-order chi connectivity index (χ1) is 13.2. The van der Waals surface area contributed by atoms with Crippen LogP contribution in [0.4, 0.5) is 13.2 Å². The molecule has 0 radical (unpaired) electrons. The van der Waals surface area contributed by atoms with E-state index in [4.69, 9.17) is 9.29 Å². The molecule has 0 heterocycles. The minimum atomic E-state index is -5.73. The largest absolute Gasteiger partial charge is 0.458 e. The number of esters is 1. The Balaban J connectivity index is 2.12. The number of hydrogen-bond donors (Lipinski definition) is 2. The minimum absolute atomic E-state index is 0.0389. The highest BCUT2D eigenvalue weighted by Gasteiger charge is 2.57. The van der Waals surface area contributed by atoms with Gasteiger partial charge in [-0.1, -0.05) is 6.42 Å². The molecule has 2 amide bonds. The smallest absolute Gasteiger partial charge is 0.418 e. The lowest BCUT2D eigenvalue weighted by Crippen LogP contribution is -2.51. The second kappa shape index (κ2) is 8.58. The van der Waals surface area contributed by atoms with E-state index in [9.17, 15) is 36.0 Å². The van der Waals surface area contributed by atoms with Crippen molar-refractivity contribution in [2.45, 2.75) is 75.3 Å². The van der Waals surface area contributed by atoms with Crippen LogP contribution < -0.4 is 5.32 Å². The lowest BCUT2D eigenvalue weighted by atomic mass is 9.64. The van der Waals surface area contributed by atoms with Gasteiger partial charge in [0.15, 0.2) is 0 Å². The van der Waals surface area contributed by atoms with Crippen LogP contribution in [0.2, 0.25) is 0 Å². The van der Waals surface area contributed by atoms with E-state index in [-0.39, 0.29) is 31.1 Å². The zero-order valence-corrected chi connectivity index (χ0v) is 16.6. The van der Waals surface area contributed by atoms with Crippen molar-refractivity contribution in [2.24, 2.45) is 11.8 Å².